The van der Waals surface area contributed by atoms with Crippen molar-refractivity contribution in [1.82, 2.24) is 4.98 Å². The fraction of sp³-hybridized carbons (Fsp3) is 0.667. The van der Waals surface area contributed by atoms with Crippen molar-refractivity contribution < 1.29 is 22.8 Å². The average molecular weight is 313 g/mol. The Bertz CT molecular complexity index is 513. The number of hydrogen-bond acceptors (Lipinski definition) is 4. The molecule has 1 atom stereocenters. The van der Waals surface area contributed by atoms with Crippen molar-refractivity contribution in [3.05, 3.63) is 18.3 Å². The highest BCUT2D eigenvalue weighted by atomic mass is 19.3. The summed E-state index contributed by atoms with van der Waals surface area (Å²) in [6, 6.07) is 3.26. The van der Waals surface area contributed by atoms with Crippen LogP contribution in [0.3, 0.4) is 0 Å². The number of pyridine rings is 1. The Hall–Kier alpha value is -1.21. The van der Waals surface area contributed by atoms with Crippen LogP contribution in [0.1, 0.15) is 41.5 Å². The van der Waals surface area contributed by atoms with Gasteiger partial charge in [0, 0.05) is 18.6 Å². The van der Waals surface area contributed by atoms with E-state index in [0.29, 0.717) is 0 Å². The van der Waals surface area contributed by atoms with Crippen molar-refractivity contribution in [2.75, 3.05) is 0 Å². The quantitative estimate of drug-likeness (QED) is 0.802. The number of aromatic nitrogens is 1. The fourth-order valence-electron chi connectivity index (χ4n) is 1.86. The lowest BCUT2D eigenvalue weighted by Crippen LogP contribution is -2.41. The molecule has 0 radical (unpaired) electrons. The Kier molecular flexibility index (Phi) is 4.26. The second kappa shape index (κ2) is 5.46. The van der Waals surface area contributed by atoms with Gasteiger partial charge >= 0.3 is 7.12 Å². The molecule has 7 heteroatoms. The first-order valence-electron chi connectivity index (χ1n) is 7.28. The molecule has 0 amide bonds. The van der Waals surface area contributed by atoms with Crippen molar-refractivity contribution in [3.8, 4) is 5.88 Å². The molecule has 0 spiro atoms. The van der Waals surface area contributed by atoms with Crippen molar-refractivity contribution >= 4 is 12.6 Å². The molecule has 0 bridgehead atoms. The zero-order valence-corrected chi connectivity index (χ0v) is 13.8. The summed E-state index contributed by atoms with van der Waals surface area (Å²) in [6.45, 7) is 9.97. The number of halogens is 2. The summed E-state index contributed by atoms with van der Waals surface area (Å²) in [7, 11) is -0.531. The maximum Gasteiger partial charge on any atom is 0.496 e. The molecule has 1 aromatic rings. The predicted octanol–water partition coefficient (Wildman–Crippen LogP) is 2.80. The van der Waals surface area contributed by atoms with E-state index in [0.717, 1.165) is 12.4 Å². The third-order valence-corrected chi connectivity index (χ3v) is 4.30. The van der Waals surface area contributed by atoms with E-state index in [2.05, 4.69) is 4.98 Å². The molecular weight excluding hydrogens is 291 g/mol. The fourth-order valence-corrected chi connectivity index (χ4v) is 1.86. The SMILES string of the molecule is CC(Oc1ccc(B2OC(C)(C)C(C)(C)O2)cn1)C(C)(F)F. The number of nitrogens with zero attached hydrogens (tertiary/aromatic N) is 1. The van der Waals surface area contributed by atoms with E-state index in [9.17, 15) is 8.78 Å². The first-order chi connectivity index (χ1) is 9.92. The van der Waals surface area contributed by atoms with Crippen molar-refractivity contribution in [2.24, 2.45) is 0 Å². The zero-order valence-electron chi connectivity index (χ0n) is 13.8. The Morgan fingerprint density at radius 3 is 2.14 bits per heavy atom. The second-order valence-electron chi connectivity index (χ2n) is 6.73. The molecule has 1 aliphatic rings. The van der Waals surface area contributed by atoms with E-state index in [1.807, 2.05) is 27.7 Å². The van der Waals surface area contributed by atoms with E-state index in [4.69, 9.17) is 14.0 Å². The predicted molar refractivity (Wildman–Crippen MR) is 80.7 cm³/mol. The van der Waals surface area contributed by atoms with E-state index < -0.39 is 30.3 Å². The van der Waals surface area contributed by atoms with Crippen LogP contribution in [0.15, 0.2) is 18.3 Å². The third-order valence-electron chi connectivity index (χ3n) is 4.30. The molecule has 22 heavy (non-hydrogen) atoms. The van der Waals surface area contributed by atoms with Gasteiger partial charge in [-0.1, -0.05) is 6.07 Å². The molecule has 1 fully saturated rings. The van der Waals surface area contributed by atoms with Crippen molar-refractivity contribution in [2.45, 2.75) is 64.8 Å². The lowest BCUT2D eigenvalue weighted by molar-refractivity contribution is -0.0732. The van der Waals surface area contributed by atoms with Crippen LogP contribution in [0.5, 0.6) is 5.88 Å². The van der Waals surface area contributed by atoms with Gasteiger partial charge in [-0.15, -0.1) is 0 Å². The summed E-state index contributed by atoms with van der Waals surface area (Å²) in [6.07, 6.45) is 0.278. The maximum atomic E-state index is 13.1. The van der Waals surface area contributed by atoms with Crippen molar-refractivity contribution in [1.29, 1.82) is 0 Å². The molecule has 1 aliphatic heterocycles. The van der Waals surface area contributed by atoms with E-state index in [-0.39, 0.29) is 5.88 Å². The normalized spacial score (nSPS) is 21.7. The lowest BCUT2D eigenvalue weighted by atomic mass is 9.80. The van der Waals surface area contributed by atoms with Crippen LogP contribution in [0, 0.1) is 0 Å². The molecule has 2 heterocycles. The molecule has 0 aromatic carbocycles. The second-order valence-corrected chi connectivity index (χ2v) is 6.73. The highest BCUT2D eigenvalue weighted by molar-refractivity contribution is 6.62. The van der Waals surface area contributed by atoms with Crippen LogP contribution in [-0.4, -0.2) is 35.3 Å². The smallest absolute Gasteiger partial charge is 0.468 e. The molecule has 122 valence electrons. The third kappa shape index (κ3) is 3.41. The van der Waals surface area contributed by atoms with E-state index >= 15 is 0 Å². The van der Waals surface area contributed by atoms with Gasteiger partial charge < -0.3 is 14.0 Å². The van der Waals surface area contributed by atoms with Crippen LogP contribution in [-0.2, 0) is 9.31 Å². The molecule has 0 aliphatic carbocycles. The minimum Gasteiger partial charge on any atom is -0.468 e. The highest BCUT2D eigenvalue weighted by Gasteiger charge is 2.51. The summed E-state index contributed by atoms with van der Waals surface area (Å²) < 4.78 is 43.1. The minimum absolute atomic E-state index is 0.147. The van der Waals surface area contributed by atoms with Gasteiger partial charge in [-0.25, -0.2) is 13.8 Å². The van der Waals surface area contributed by atoms with Gasteiger partial charge in [-0.05, 0) is 40.7 Å². The van der Waals surface area contributed by atoms with Gasteiger partial charge in [-0.2, -0.15) is 0 Å². The summed E-state index contributed by atoms with van der Waals surface area (Å²) in [5.41, 5.74) is -0.154. The Morgan fingerprint density at radius 2 is 1.73 bits per heavy atom. The first kappa shape index (κ1) is 17.2. The molecule has 0 N–H and O–H groups in total. The largest absolute Gasteiger partial charge is 0.496 e. The van der Waals surface area contributed by atoms with Crippen LogP contribution in [0.2, 0.25) is 0 Å². The van der Waals surface area contributed by atoms with Crippen LogP contribution >= 0.6 is 0 Å². The Morgan fingerprint density at radius 1 is 1.18 bits per heavy atom. The Balaban J connectivity index is 2.08. The summed E-state index contributed by atoms with van der Waals surface area (Å²) in [5, 5.41) is 0. The lowest BCUT2D eigenvalue weighted by Gasteiger charge is -2.32. The molecule has 1 aromatic heterocycles. The average Bonchev–Trinajstić information content (AvgIpc) is 2.58. The molecule has 0 saturated carbocycles. The Labute approximate surface area is 130 Å². The van der Waals surface area contributed by atoms with Crippen LogP contribution < -0.4 is 10.2 Å². The highest BCUT2D eigenvalue weighted by Crippen LogP contribution is 2.36. The summed E-state index contributed by atoms with van der Waals surface area (Å²) in [5.74, 6) is -2.78. The molecule has 2 rings (SSSR count). The monoisotopic (exact) mass is 313 g/mol. The van der Waals surface area contributed by atoms with Crippen LogP contribution in [0.4, 0.5) is 8.78 Å². The molecular formula is C15H22BF2NO3. The molecule has 1 unspecified atom stereocenters. The number of alkyl halides is 2. The van der Waals surface area contributed by atoms with Gasteiger partial charge in [0.2, 0.25) is 5.88 Å². The van der Waals surface area contributed by atoms with E-state index in [1.54, 1.807) is 12.1 Å². The van der Waals surface area contributed by atoms with Gasteiger partial charge in [0.15, 0.2) is 6.10 Å². The standard InChI is InChI=1S/C15H22BF2NO3/c1-10(15(6,17)18)20-12-8-7-11(9-19-12)16-21-13(2,3)14(4,5)22-16/h7-10H,1-6H3. The minimum atomic E-state index is -2.92. The van der Waals surface area contributed by atoms with E-state index in [1.165, 1.54) is 13.1 Å². The summed E-state index contributed by atoms with van der Waals surface area (Å²) >= 11 is 0. The molecule has 4 nitrogen and oxygen atoms in total. The number of ether oxygens (including phenoxy) is 1. The number of rotatable bonds is 4. The summed E-state index contributed by atoms with van der Waals surface area (Å²) in [4.78, 5) is 4.06. The van der Waals surface area contributed by atoms with Crippen LogP contribution in [0.25, 0.3) is 0 Å². The van der Waals surface area contributed by atoms with Gasteiger partial charge in [0.25, 0.3) is 5.92 Å². The maximum absolute atomic E-state index is 13.1. The molecule has 1 saturated heterocycles. The van der Waals surface area contributed by atoms with Gasteiger partial charge in [0.05, 0.1) is 11.2 Å². The van der Waals surface area contributed by atoms with Gasteiger partial charge in [-0.3, -0.25) is 0 Å². The first-order valence-corrected chi connectivity index (χ1v) is 7.28. The van der Waals surface area contributed by atoms with Gasteiger partial charge in [0.1, 0.15) is 0 Å². The number of hydrogen-bond donors (Lipinski definition) is 0. The van der Waals surface area contributed by atoms with Crippen molar-refractivity contribution in [3.63, 3.8) is 0 Å². The topological polar surface area (TPSA) is 40.6 Å². The zero-order chi connectivity index (χ0) is 16.8.